The summed E-state index contributed by atoms with van der Waals surface area (Å²) in [6.45, 7) is 3.62. The van der Waals surface area contributed by atoms with Gasteiger partial charge < -0.3 is 9.84 Å². The first-order valence-corrected chi connectivity index (χ1v) is 7.52. The van der Waals surface area contributed by atoms with Crippen LogP contribution in [0.1, 0.15) is 44.2 Å². The van der Waals surface area contributed by atoms with E-state index in [0.717, 1.165) is 26.0 Å². The Hall–Kier alpha value is -1.13. The number of phenols is 1. The van der Waals surface area contributed by atoms with Crippen LogP contribution in [0.25, 0.3) is 0 Å². The second-order valence-electron chi connectivity index (χ2n) is 5.88. The number of benzene rings is 1. The van der Waals surface area contributed by atoms with Gasteiger partial charge in [0.15, 0.2) is 0 Å². The summed E-state index contributed by atoms with van der Waals surface area (Å²) in [5, 5.41) is 10.0. The van der Waals surface area contributed by atoms with Crippen LogP contribution < -0.4 is 0 Å². The average Bonchev–Trinajstić information content (AvgIpc) is 2.48. The lowest BCUT2D eigenvalue weighted by Gasteiger charge is -2.46. The molecule has 0 aromatic heterocycles. The summed E-state index contributed by atoms with van der Waals surface area (Å²) in [7, 11) is 0. The summed E-state index contributed by atoms with van der Waals surface area (Å²) >= 11 is 0. The van der Waals surface area contributed by atoms with E-state index in [-0.39, 0.29) is 17.6 Å². The molecule has 1 N–H and O–H groups in total. The van der Waals surface area contributed by atoms with Crippen molar-refractivity contribution < 1.29 is 14.2 Å². The molecule has 20 heavy (non-hydrogen) atoms. The normalized spacial score (nSPS) is 28.9. The van der Waals surface area contributed by atoms with Gasteiger partial charge in [-0.2, -0.15) is 0 Å². The predicted octanol–water partition coefficient (Wildman–Crippen LogP) is 3.24. The Labute approximate surface area is 119 Å². The number of fused-ring (bicyclic) bond motifs is 1. The van der Waals surface area contributed by atoms with E-state index >= 15 is 0 Å². The quantitative estimate of drug-likeness (QED) is 0.902. The smallest absolute Gasteiger partial charge is 0.123 e. The molecule has 1 aliphatic carbocycles. The van der Waals surface area contributed by atoms with Crippen LogP contribution in [-0.4, -0.2) is 35.3 Å². The zero-order chi connectivity index (χ0) is 14.1. The number of ether oxygens (including phenoxy) is 1. The Bertz CT molecular complexity index is 478. The van der Waals surface area contributed by atoms with Gasteiger partial charge in [-0.3, -0.25) is 4.90 Å². The Morgan fingerprint density at radius 2 is 2.15 bits per heavy atom. The SMILES string of the molecule is CC(c1cc(F)ccc1O)N1CCOC2CCCCC21. The van der Waals surface area contributed by atoms with E-state index in [4.69, 9.17) is 4.74 Å². The molecule has 1 saturated carbocycles. The molecule has 3 unspecified atom stereocenters. The molecule has 1 aliphatic heterocycles. The van der Waals surface area contributed by atoms with Gasteiger partial charge in [0.1, 0.15) is 11.6 Å². The molecule has 3 atom stereocenters. The maximum atomic E-state index is 13.5. The minimum Gasteiger partial charge on any atom is -0.508 e. The number of hydrogen-bond acceptors (Lipinski definition) is 3. The third kappa shape index (κ3) is 2.54. The molecular formula is C16H22FNO2. The van der Waals surface area contributed by atoms with Gasteiger partial charge >= 0.3 is 0 Å². The molecule has 0 radical (unpaired) electrons. The molecule has 4 heteroatoms. The van der Waals surface area contributed by atoms with Crippen molar-refractivity contribution in [2.45, 2.75) is 50.8 Å². The minimum atomic E-state index is -0.293. The Morgan fingerprint density at radius 1 is 1.35 bits per heavy atom. The van der Waals surface area contributed by atoms with E-state index in [2.05, 4.69) is 4.90 Å². The fourth-order valence-corrected chi connectivity index (χ4v) is 3.65. The predicted molar refractivity (Wildman–Crippen MR) is 75.2 cm³/mol. The molecule has 1 aromatic carbocycles. The van der Waals surface area contributed by atoms with Gasteiger partial charge in [-0.1, -0.05) is 12.8 Å². The average molecular weight is 279 g/mol. The fourth-order valence-electron chi connectivity index (χ4n) is 3.65. The summed E-state index contributed by atoms with van der Waals surface area (Å²) in [4.78, 5) is 2.38. The largest absolute Gasteiger partial charge is 0.508 e. The monoisotopic (exact) mass is 279 g/mol. The molecule has 2 aliphatic rings. The molecule has 0 spiro atoms. The van der Waals surface area contributed by atoms with Crippen molar-refractivity contribution in [3.05, 3.63) is 29.6 Å². The zero-order valence-electron chi connectivity index (χ0n) is 11.9. The third-order valence-electron chi connectivity index (χ3n) is 4.71. The molecule has 110 valence electrons. The molecule has 0 bridgehead atoms. The van der Waals surface area contributed by atoms with Gasteiger partial charge in [0, 0.05) is 24.2 Å². The summed E-state index contributed by atoms with van der Waals surface area (Å²) in [5.74, 6) is -0.115. The topological polar surface area (TPSA) is 32.7 Å². The zero-order valence-corrected chi connectivity index (χ0v) is 11.9. The number of phenolic OH excluding ortho intramolecular Hbond substituents is 1. The van der Waals surface area contributed by atoms with Crippen LogP contribution in [-0.2, 0) is 4.74 Å². The highest BCUT2D eigenvalue weighted by molar-refractivity contribution is 5.35. The van der Waals surface area contributed by atoms with Crippen LogP contribution >= 0.6 is 0 Å². The molecular weight excluding hydrogens is 257 g/mol. The summed E-state index contributed by atoms with van der Waals surface area (Å²) in [6, 6.07) is 4.61. The van der Waals surface area contributed by atoms with Crippen molar-refractivity contribution in [2.24, 2.45) is 0 Å². The maximum absolute atomic E-state index is 13.5. The third-order valence-corrected chi connectivity index (χ3v) is 4.71. The minimum absolute atomic E-state index is 0.0141. The van der Waals surface area contributed by atoms with Gasteiger partial charge in [0.2, 0.25) is 0 Å². The molecule has 0 amide bonds. The lowest BCUT2D eigenvalue weighted by Crippen LogP contribution is -2.53. The standard InChI is InChI=1S/C16H22FNO2/c1-11(13-10-12(17)6-7-15(13)19)18-8-9-20-16-5-3-2-4-14(16)18/h6-7,10-11,14,16,19H,2-5,8-9H2,1H3. The second kappa shape index (κ2) is 5.70. The molecule has 2 fully saturated rings. The highest BCUT2D eigenvalue weighted by atomic mass is 19.1. The van der Waals surface area contributed by atoms with E-state index in [9.17, 15) is 9.50 Å². The van der Waals surface area contributed by atoms with Crippen molar-refractivity contribution in [2.75, 3.05) is 13.2 Å². The van der Waals surface area contributed by atoms with Crippen LogP contribution in [0.2, 0.25) is 0 Å². The summed E-state index contributed by atoms with van der Waals surface area (Å²) < 4.78 is 19.3. The second-order valence-corrected chi connectivity index (χ2v) is 5.88. The number of hydrogen-bond donors (Lipinski definition) is 1. The molecule has 1 saturated heterocycles. The van der Waals surface area contributed by atoms with Crippen molar-refractivity contribution in [3.63, 3.8) is 0 Å². The van der Waals surface area contributed by atoms with Gasteiger partial charge in [-0.05, 0) is 38.0 Å². The van der Waals surface area contributed by atoms with Crippen LogP contribution in [0.5, 0.6) is 5.75 Å². The van der Waals surface area contributed by atoms with E-state index in [1.54, 1.807) is 0 Å². The van der Waals surface area contributed by atoms with E-state index in [0.29, 0.717) is 17.7 Å². The Kier molecular flexibility index (Phi) is 3.94. The van der Waals surface area contributed by atoms with Crippen LogP contribution in [0.3, 0.4) is 0 Å². The van der Waals surface area contributed by atoms with E-state index in [1.807, 2.05) is 6.92 Å². The van der Waals surface area contributed by atoms with Crippen LogP contribution in [0.15, 0.2) is 18.2 Å². The first-order valence-electron chi connectivity index (χ1n) is 7.52. The van der Waals surface area contributed by atoms with Gasteiger partial charge in [-0.15, -0.1) is 0 Å². The number of aromatic hydroxyl groups is 1. The summed E-state index contributed by atoms with van der Waals surface area (Å²) in [5.41, 5.74) is 0.677. The van der Waals surface area contributed by atoms with Crippen molar-refractivity contribution in [1.29, 1.82) is 0 Å². The van der Waals surface area contributed by atoms with E-state index < -0.39 is 0 Å². The lowest BCUT2D eigenvalue weighted by atomic mass is 9.88. The van der Waals surface area contributed by atoms with Crippen LogP contribution in [0.4, 0.5) is 4.39 Å². The number of rotatable bonds is 2. The van der Waals surface area contributed by atoms with Gasteiger partial charge in [0.25, 0.3) is 0 Å². The number of nitrogens with zero attached hydrogens (tertiary/aromatic N) is 1. The fraction of sp³-hybridized carbons (Fsp3) is 0.625. The van der Waals surface area contributed by atoms with Crippen molar-refractivity contribution >= 4 is 0 Å². The Balaban J connectivity index is 1.84. The molecule has 3 rings (SSSR count). The van der Waals surface area contributed by atoms with Gasteiger partial charge in [0.05, 0.1) is 12.7 Å². The number of morpholine rings is 1. The first-order chi connectivity index (χ1) is 9.66. The highest BCUT2D eigenvalue weighted by Crippen LogP contribution is 2.36. The van der Waals surface area contributed by atoms with E-state index in [1.165, 1.54) is 31.0 Å². The summed E-state index contributed by atoms with van der Waals surface area (Å²) in [6.07, 6.45) is 5.00. The number of halogens is 1. The van der Waals surface area contributed by atoms with Crippen LogP contribution in [0, 0.1) is 5.82 Å². The van der Waals surface area contributed by atoms with Gasteiger partial charge in [-0.25, -0.2) is 4.39 Å². The molecule has 1 aromatic rings. The first kappa shape index (κ1) is 13.8. The molecule has 3 nitrogen and oxygen atoms in total. The highest BCUT2D eigenvalue weighted by Gasteiger charge is 2.37. The molecule has 1 heterocycles. The van der Waals surface area contributed by atoms with Crippen molar-refractivity contribution in [1.82, 2.24) is 4.90 Å². The lowest BCUT2D eigenvalue weighted by molar-refractivity contribution is -0.101. The van der Waals surface area contributed by atoms with Crippen molar-refractivity contribution in [3.8, 4) is 5.75 Å². The maximum Gasteiger partial charge on any atom is 0.123 e. The Morgan fingerprint density at radius 3 is 3.00 bits per heavy atom.